The van der Waals surface area contributed by atoms with Gasteiger partial charge in [-0.2, -0.15) is 4.99 Å². The lowest BCUT2D eigenvalue weighted by Crippen LogP contribution is -2.10. The minimum atomic E-state index is -0.218. The molecule has 0 heterocycles. The molecule has 0 unspecified atom stereocenters. The molecule has 1 aromatic carbocycles. The molecule has 0 radical (unpaired) electrons. The molecule has 2 aliphatic rings. The zero-order valence-corrected chi connectivity index (χ0v) is 11.4. The van der Waals surface area contributed by atoms with Crippen LogP contribution in [-0.4, -0.2) is 6.08 Å². The molecular formula is C17H21NO. The van der Waals surface area contributed by atoms with Crippen LogP contribution >= 0.6 is 0 Å². The Bertz CT molecular complexity index is 490. The Labute approximate surface area is 114 Å². The number of carbonyl (C=O) groups excluding carboxylic acids is 1. The van der Waals surface area contributed by atoms with Gasteiger partial charge in [-0.25, -0.2) is 4.79 Å². The molecule has 0 N–H and O–H groups in total. The van der Waals surface area contributed by atoms with Crippen LogP contribution in [0.15, 0.2) is 29.3 Å². The van der Waals surface area contributed by atoms with Gasteiger partial charge < -0.3 is 0 Å². The third-order valence-electron chi connectivity index (χ3n) is 4.74. The summed E-state index contributed by atoms with van der Waals surface area (Å²) in [5.41, 5.74) is 2.52. The van der Waals surface area contributed by atoms with Gasteiger partial charge >= 0.3 is 0 Å². The van der Waals surface area contributed by atoms with E-state index in [1.807, 2.05) is 0 Å². The van der Waals surface area contributed by atoms with Crippen LogP contribution in [0.25, 0.3) is 0 Å². The first kappa shape index (κ1) is 12.6. The number of rotatable bonds is 3. The van der Waals surface area contributed by atoms with Gasteiger partial charge in [-0.3, -0.25) is 0 Å². The molecule has 2 aliphatic carbocycles. The Hall–Kier alpha value is -1.40. The fourth-order valence-electron chi connectivity index (χ4n) is 3.51. The van der Waals surface area contributed by atoms with Crippen LogP contribution in [0.1, 0.15) is 68.4 Å². The van der Waals surface area contributed by atoms with Gasteiger partial charge in [0.1, 0.15) is 0 Å². The van der Waals surface area contributed by atoms with Gasteiger partial charge in [0.05, 0.1) is 5.54 Å². The third-order valence-corrected chi connectivity index (χ3v) is 4.74. The van der Waals surface area contributed by atoms with Crippen LogP contribution in [0.3, 0.4) is 0 Å². The summed E-state index contributed by atoms with van der Waals surface area (Å²) in [4.78, 5) is 14.8. The number of isocyanates is 1. The molecule has 19 heavy (non-hydrogen) atoms. The average molecular weight is 255 g/mol. The van der Waals surface area contributed by atoms with Crippen LogP contribution in [0, 0.1) is 0 Å². The molecule has 1 aromatic rings. The zero-order valence-electron chi connectivity index (χ0n) is 11.4. The number of hydrogen-bond donors (Lipinski definition) is 0. The molecule has 0 spiro atoms. The van der Waals surface area contributed by atoms with Crippen LogP contribution in [0.2, 0.25) is 0 Å². The number of benzene rings is 1. The Morgan fingerprint density at radius 3 is 2.37 bits per heavy atom. The molecule has 2 nitrogen and oxygen atoms in total. The van der Waals surface area contributed by atoms with Gasteiger partial charge in [-0.05, 0) is 42.7 Å². The van der Waals surface area contributed by atoms with Gasteiger partial charge in [0.15, 0.2) is 0 Å². The summed E-state index contributed by atoms with van der Waals surface area (Å²) >= 11 is 0. The first-order valence-electron chi connectivity index (χ1n) is 7.54. The van der Waals surface area contributed by atoms with Crippen molar-refractivity contribution in [2.75, 3.05) is 0 Å². The van der Waals surface area contributed by atoms with Crippen LogP contribution in [0.5, 0.6) is 0 Å². The van der Waals surface area contributed by atoms with Gasteiger partial charge in [-0.1, -0.05) is 49.9 Å². The Kier molecular flexibility index (Phi) is 3.52. The van der Waals surface area contributed by atoms with E-state index < -0.39 is 0 Å². The van der Waals surface area contributed by atoms with Crippen LogP contribution in [-0.2, 0) is 10.3 Å². The second-order valence-corrected chi connectivity index (χ2v) is 6.01. The predicted molar refractivity (Wildman–Crippen MR) is 75.9 cm³/mol. The summed E-state index contributed by atoms with van der Waals surface area (Å²) in [6.45, 7) is 0. The highest BCUT2D eigenvalue weighted by Crippen LogP contribution is 2.52. The maximum absolute atomic E-state index is 10.7. The lowest BCUT2D eigenvalue weighted by Gasteiger charge is -2.21. The minimum Gasteiger partial charge on any atom is -0.211 e. The van der Waals surface area contributed by atoms with Gasteiger partial charge in [0.25, 0.3) is 0 Å². The van der Waals surface area contributed by atoms with Gasteiger partial charge in [0, 0.05) is 0 Å². The van der Waals surface area contributed by atoms with Crippen molar-refractivity contribution in [1.29, 1.82) is 0 Å². The highest BCUT2D eigenvalue weighted by Gasteiger charge is 2.46. The van der Waals surface area contributed by atoms with Crippen molar-refractivity contribution in [1.82, 2.24) is 0 Å². The topological polar surface area (TPSA) is 29.4 Å². The molecule has 2 saturated carbocycles. The molecule has 0 amide bonds. The van der Waals surface area contributed by atoms with E-state index in [1.54, 1.807) is 6.08 Å². The molecular weight excluding hydrogens is 234 g/mol. The van der Waals surface area contributed by atoms with E-state index in [-0.39, 0.29) is 5.54 Å². The molecule has 0 bridgehead atoms. The second kappa shape index (κ2) is 5.30. The summed E-state index contributed by atoms with van der Waals surface area (Å²) in [5, 5.41) is 0. The highest BCUT2D eigenvalue weighted by atomic mass is 16.1. The SMILES string of the molecule is O=C=NC1(c2ccccc2C2CCCCCC2)CC1. The fraction of sp³-hybridized carbons (Fsp3) is 0.588. The van der Waals surface area contributed by atoms with Crippen LogP contribution in [0.4, 0.5) is 0 Å². The maximum Gasteiger partial charge on any atom is 0.235 e. The predicted octanol–water partition coefficient (Wildman–Crippen LogP) is 4.45. The summed E-state index contributed by atoms with van der Waals surface area (Å²) in [7, 11) is 0. The number of nitrogens with zero attached hydrogens (tertiary/aromatic N) is 1. The van der Waals surface area contributed by atoms with Gasteiger partial charge in [0.2, 0.25) is 6.08 Å². The van der Waals surface area contributed by atoms with Crippen molar-refractivity contribution in [2.24, 2.45) is 4.99 Å². The summed E-state index contributed by atoms with van der Waals surface area (Å²) in [5.74, 6) is 0.665. The van der Waals surface area contributed by atoms with Crippen molar-refractivity contribution in [3.05, 3.63) is 35.4 Å². The highest BCUT2D eigenvalue weighted by molar-refractivity contribution is 5.45. The fourth-order valence-corrected chi connectivity index (χ4v) is 3.51. The average Bonchev–Trinajstić information content (AvgIpc) is 3.23. The molecule has 0 aromatic heterocycles. The summed E-state index contributed by atoms with van der Waals surface area (Å²) < 4.78 is 0. The Balaban J connectivity index is 1.95. The molecule has 2 heteroatoms. The first-order valence-corrected chi connectivity index (χ1v) is 7.54. The smallest absolute Gasteiger partial charge is 0.211 e. The Morgan fingerprint density at radius 1 is 1.05 bits per heavy atom. The normalized spacial score (nSPS) is 22.3. The van der Waals surface area contributed by atoms with E-state index in [2.05, 4.69) is 29.3 Å². The van der Waals surface area contributed by atoms with Crippen molar-refractivity contribution in [3.63, 3.8) is 0 Å². The van der Waals surface area contributed by atoms with E-state index in [4.69, 9.17) is 0 Å². The first-order chi connectivity index (χ1) is 9.36. The molecule has 100 valence electrons. The molecule has 0 atom stereocenters. The lowest BCUT2D eigenvalue weighted by molar-refractivity contribution is 0.551. The quantitative estimate of drug-likeness (QED) is 0.446. The van der Waals surface area contributed by atoms with E-state index in [0.717, 1.165) is 12.8 Å². The summed E-state index contributed by atoms with van der Waals surface area (Å²) in [6.07, 6.45) is 11.8. The molecule has 0 saturated heterocycles. The van der Waals surface area contributed by atoms with E-state index in [9.17, 15) is 4.79 Å². The molecule has 2 fully saturated rings. The molecule has 0 aliphatic heterocycles. The van der Waals surface area contributed by atoms with Crippen LogP contribution < -0.4 is 0 Å². The van der Waals surface area contributed by atoms with E-state index >= 15 is 0 Å². The van der Waals surface area contributed by atoms with Gasteiger partial charge in [-0.15, -0.1) is 0 Å². The maximum atomic E-state index is 10.7. The Morgan fingerprint density at radius 2 is 1.74 bits per heavy atom. The minimum absolute atomic E-state index is 0.218. The van der Waals surface area contributed by atoms with Crippen molar-refractivity contribution < 1.29 is 4.79 Å². The lowest BCUT2D eigenvalue weighted by atomic mass is 9.85. The van der Waals surface area contributed by atoms with E-state index in [0.29, 0.717) is 5.92 Å². The second-order valence-electron chi connectivity index (χ2n) is 6.01. The van der Waals surface area contributed by atoms with Crippen molar-refractivity contribution >= 4 is 6.08 Å². The van der Waals surface area contributed by atoms with E-state index in [1.165, 1.54) is 49.7 Å². The number of hydrogen-bond acceptors (Lipinski definition) is 2. The zero-order chi connectivity index (χ0) is 13.1. The van der Waals surface area contributed by atoms with Crippen molar-refractivity contribution in [2.45, 2.75) is 62.8 Å². The number of aliphatic imine (C=N–C) groups is 1. The molecule has 3 rings (SSSR count). The monoisotopic (exact) mass is 255 g/mol. The third kappa shape index (κ3) is 2.50. The van der Waals surface area contributed by atoms with Crippen molar-refractivity contribution in [3.8, 4) is 0 Å². The summed E-state index contributed by atoms with van der Waals surface area (Å²) in [6, 6.07) is 8.64. The largest absolute Gasteiger partial charge is 0.235 e. The standard InChI is InChI=1S/C17H21NO/c19-13-18-17(11-12-17)16-10-6-5-9-15(16)14-7-3-1-2-4-8-14/h5-6,9-10,14H,1-4,7-8,11-12H2.